The molecular formula is C13H13N3O3. The first-order valence-corrected chi connectivity index (χ1v) is 5.89. The molecule has 1 aromatic carbocycles. The van der Waals surface area contributed by atoms with Crippen LogP contribution < -0.4 is 0 Å². The first-order valence-electron chi connectivity index (χ1n) is 5.89. The van der Waals surface area contributed by atoms with E-state index in [2.05, 4.69) is 5.10 Å². The van der Waals surface area contributed by atoms with Crippen molar-refractivity contribution < 1.29 is 9.72 Å². The molecule has 0 amide bonds. The maximum Gasteiger partial charge on any atom is 0.307 e. The lowest BCUT2D eigenvalue weighted by Gasteiger charge is -2.02. The molecule has 98 valence electrons. The van der Waals surface area contributed by atoms with Gasteiger partial charge in [0.2, 0.25) is 0 Å². The van der Waals surface area contributed by atoms with Crippen molar-refractivity contribution >= 4 is 11.5 Å². The largest absolute Gasteiger partial charge is 0.307 e. The van der Waals surface area contributed by atoms with E-state index in [-0.39, 0.29) is 18.0 Å². The van der Waals surface area contributed by atoms with Gasteiger partial charge >= 0.3 is 5.69 Å². The molecule has 0 saturated heterocycles. The van der Waals surface area contributed by atoms with Gasteiger partial charge in [-0.25, -0.2) is 0 Å². The van der Waals surface area contributed by atoms with Crippen LogP contribution in [0.25, 0.3) is 0 Å². The second kappa shape index (κ2) is 5.43. The number of carbonyl (C=O) groups excluding carboxylic acids is 1. The Hall–Kier alpha value is -2.50. The highest BCUT2D eigenvalue weighted by Crippen LogP contribution is 2.10. The van der Waals surface area contributed by atoms with E-state index in [9.17, 15) is 14.9 Å². The third-order valence-corrected chi connectivity index (χ3v) is 2.82. The van der Waals surface area contributed by atoms with Crippen LogP contribution >= 0.6 is 0 Å². The summed E-state index contributed by atoms with van der Waals surface area (Å²) in [6.45, 7) is 2.04. The van der Waals surface area contributed by atoms with E-state index < -0.39 is 4.92 Å². The predicted octanol–water partition coefficient (Wildman–Crippen LogP) is 2.24. The Morgan fingerprint density at radius 1 is 1.37 bits per heavy atom. The molecule has 0 aliphatic heterocycles. The van der Waals surface area contributed by atoms with Crippen molar-refractivity contribution in [1.29, 1.82) is 0 Å². The average Bonchev–Trinajstić information content (AvgIpc) is 2.87. The summed E-state index contributed by atoms with van der Waals surface area (Å²) in [6, 6.07) is 7.33. The molecule has 0 radical (unpaired) electrons. The summed E-state index contributed by atoms with van der Waals surface area (Å²) in [5, 5.41) is 14.3. The summed E-state index contributed by atoms with van der Waals surface area (Å²) < 4.78 is 1.27. The van der Waals surface area contributed by atoms with Crippen LogP contribution in [-0.2, 0) is 13.0 Å². The first kappa shape index (κ1) is 12.9. The van der Waals surface area contributed by atoms with E-state index in [4.69, 9.17) is 0 Å². The molecule has 0 saturated carbocycles. The topological polar surface area (TPSA) is 78.0 Å². The van der Waals surface area contributed by atoms with Crippen LogP contribution in [-0.4, -0.2) is 20.5 Å². The average molecular weight is 259 g/mol. The number of hydrogen-bond donors (Lipinski definition) is 0. The lowest BCUT2D eigenvalue weighted by atomic mass is 10.1. The van der Waals surface area contributed by atoms with Crippen molar-refractivity contribution in [1.82, 2.24) is 9.78 Å². The molecule has 0 spiro atoms. The van der Waals surface area contributed by atoms with Crippen LogP contribution in [0, 0.1) is 10.1 Å². The van der Waals surface area contributed by atoms with Gasteiger partial charge in [-0.3, -0.25) is 19.6 Å². The van der Waals surface area contributed by atoms with Gasteiger partial charge in [0.25, 0.3) is 0 Å². The van der Waals surface area contributed by atoms with E-state index in [1.165, 1.54) is 10.9 Å². The molecule has 0 aliphatic carbocycles. The number of rotatable bonds is 5. The number of nitrogens with zero attached hydrogens (tertiary/aromatic N) is 3. The van der Waals surface area contributed by atoms with Crippen LogP contribution in [0.3, 0.4) is 0 Å². The fourth-order valence-corrected chi connectivity index (χ4v) is 1.70. The van der Waals surface area contributed by atoms with E-state index in [0.717, 1.165) is 18.2 Å². The molecule has 2 aromatic rings. The molecule has 0 atom stereocenters. The van der Waals surface area contributed by atoms with Gasteiger partial charge in [0, 0.05) is 5.56 Å². The van der Waals surface area contributed by atoms with E-state index in [1.54, 1.807) is 12.1 Å². The van der Waals surface area contributed by atoms with Gasteiger partial charge < -0.3 is 0 Å². The van der Waals surface area contributed by atoms with Gasteiger partial charge in [-0.1, -0.05) is 31.2 Å². The standard InChI is InChI=1S/C13H13N3O3/c1-2-10-3-5-11(6-4-10)13(17)9-15-8-12(7-14-15)16(18)19/h3-8H,2,9H2,1H3. The fraction of sp³-hybridized carbons (Fsp3) is 0.231. The number of Topliss-reactive ketones (excluding diaryl/α,β-unsaturated/α-hetero) is 1. The van der Waals surface area contributed by atoms with Crippen molar-refractivity contribution in [3.63, 3.8) is 0 Å². The predicted molar refractivity (Wildman–Crippen MR) is 69.0 cm³/mol. The van der Waals surface area contributed by atoms with Gasteiger partial charge in [-0.2, -0.15) is 5.10 Å². The molecule has 0 fully saturated rings. The smallest absolute Gasteiger partial charge is 0.292 e. The zero-order valence-corrected chi connectivity index (χ0v) is 10.4. The molecule has 0 N–H and O–H groups in total. The third kappa shape index (κ3) is 3.04. The highest BCUT2D eigenvalue weighted by Gasteiger charge is 2.12. The summed E-state index contributed by atoms with van der Waals surface area (Å²) in [6.07, 6.45) is 3.30. The van der Waals surface area contributed by atoms with Gasteiger partial charge in [-0.05, 0) is 12.0 Å². The molecule has 0 aliphatic rings. The minimum atomic E-state index is -0.538. The van der Waals surface area contributed by atoms with E-state index in [0.29, 0.717) is 5.56 Å². The molecule has 2 rings (SSSR count). The monoisotopic (exact) mass is 259 g/mol. The zero-order valence-electron chi connectivity index (χ0n) is 10.4. The Balaban J connectivity index is 2.08. The lowest BCUT2D eigenvalue weighted by Crippen LogP contribution is -2.10. The minimum absolute atomic E-state index is 0.000683. The van der Waals surface area contributed by atoms with Crippen molar-refractivity contribution in [2.45, 2.75) is 19.9 Å². The molecule has 0 bridgehead atoms. The van der Waals surface area contributed by atoms with Crippen molar-refractivity contribution in [3.8, 4) is 0 Å². The molecule has 0 unspecified atom stereocenters. The quantitative estimate of drug-likeness (QED) is 0.468. The molecule has 1 aromatic heterocycles. The number of nitro groups is 1. The molecule has 19 heavy (non-hydrogen) atoms. The maximum atomic E-state index is 12.0. The number of aromatic nitrogens is 2. The Labute approximate surface area is 109 Å². The maximum absolute atomic E-state index is 12.0. The Morgan fingerprint density at radius 2 is 2.05 bits per heavy atom. The van der Waals surface area contributed by atoms with Crippen molar-refractivity contribution in [3.05, 3.63) is 57.9 Å². The number of carbonyl (C=O) groups is 1. The molecule has 6 heteroatoms. The highest BCUT2D eigenvalue weighted by molar-refractivity contribution is 5.95. The van der Waals surface area contributed by atoms with E-state index >= 15 is 0 Å². The van der Waals surface area contributed by atoms with Gasteiger partial charge in [0.15, 0.2) is 5.78 Å². The van der Waals surface area contributed by atoms with Crippen LogP contribution in [0.15, 0.2) is 36.7 Å². The van der Waals surface area contributed by atoms with Crippen molar-refractivity contribution in [2.75, 3.05) is 0 Å². The van der Waals surface area contributed by atoms with Crippen LogP contribution in [0.2, 0.25) is 0 Å². The zero-order chi connectivity index (χ0) is 13.8. The second-order valence-corrected chi connectivity index (χ2v) is 4.13. The lowest BCUT2D eigenvalue weighted by molar-refractivity contribution is -0.385. The molecule has 6 nitrogen and oxygen atoms in total. The third-order valence-electron chi connectivity index (χ3n) is 2.82. The molecular weight excluding hydrogens is 246 g/mol. The Bertz CT molecular complexity index is 602. The number of hydrogen-bond acceptors (Lipinski definition) is 4. The Morgan fingerprint density at radius 3 is 2.58 bits per heavy atom. The summed E-state index contributed by atoms with van der Waals surface area (Å²) in [5.41, 5.74) is 1.62. The van der Waals surface area contributed by atoms with Gasteiger partial charge in [-0.15, -0.1) is 0 Å². The van der Waals surface area contributed by atoms with Crippen LogP contribution in [0.1, 0.15) is 22.8 Å². The first-order chi connectivity index (χ1) is 9.10. The van der Waals surface area contributed by atoms with Gasteiger partial charge in [0.1, 0.15) is 18.9 Å². The van der Waals surface area contributed by atoms with Crippen LogP contribution in [0.5, 0.6) is 0 Å². The summed E-state index contributed by atoms with van der Waals surface area (Å²) in [5.74, 6) is -0.124. The SMILES string of the molecule is CCc1ccc(C(=O)Cn2cc([N+](=O)[O-])cn2)cc1. The Kier molecular flexibility index (Phi) is 3.70. The highest BCUT2D eigenvalue weighted by atomic mass is 16.6. The summed E-state index contributed by atoms with van der Waals surface area (Å²) in [7, 11) is 0. The number of aryl methyl sites for hydroxylation is 1. The normalized spacial score (nSPS) is 10.4. The summed E-state index contributed by atoms with van der Waals surface area (Å²) >= 11 is 0. The summed E-state index contributed by atoms with van der Waals surface area (Å²) in [4.78, 5) is 21.9. The van der Waals surface area contributed by atoms with Crippen LogP contribution in [0.4, 0.5) is 5.69 Å². The minimum Gasteiger partial charge on any atom is -0.292 e. The van der Waals surface area contributed by atoms with Gasteiger partial charge in [0.05, 0.1) is 4.92 Å². The number of ketones is 1. The van der Waals surface area contributed by atoms with Crippen molar-refractivity contribution in [2.24, 2.45) is 0 Å². The number of benzene rings is 1. The second-order valence-electron chi connectivity index (χ2n) is 4.13. The molecule has 1 heterocycles. The van der Waals surface area contributed by atoms with E-state index in [1.807, 2.05) is 19.1 Å². The fourth-order valence-electron chi connectivity index (χ4n) is 1.70.